The van der Waals surface area contributed by atoms with E-state index in [9.17, 15) is 10.2 Å². The summed E-state index contributed by atoms with van der Waals surface area (Å²) in [5, 5.41) is 22.6. The molecule has 0 heterocycles. The van der Waals surface area contributed by atoms with Gasteiger partial charge in [0.2, 0.25) is 0 Å². The Balaban J connectivity index is 1.69. The third kappa shape index (κ3) is 3.54. The molecule has 3 saturated carbocycles. The van der Waals surface area contributed by atoms with E-state index in [2.05, 4.69) is 60.7 Å². The van der Waals surface area contributed by atoms with E-state index in [-0.39, 0.29) is 22.0 Å². The van der Waals surface area contributed by atoms with Crippen LogP contribution in [0.15, 0.2) is 11.6 Å². The molecule has 3 nitrogen and oxygen atoms in total. The lowest BCUT2D eigenvalue weighted by Crippen LogP contribution is -2.60. The van der Waals surface area contributed by atoms with Crippen LogP contribution in [-0.2, 0) is 4.43 Å². The SMILES string of the molecule is CCC1(O)C=C2C[C@@H](O)CC[C@]2(C)[C@H]2CC[C@]3(C)[C@@H](O[Si](C)(C)C(C)(C)C)CC[C@H]3[C@@H]21. The van der Waals surface area contributed by atoms with Gasteiger partial charge in [-0.3, -0.25) is 0 Å². The van der Waals surface area contributed by atoms with Crippen molar-refractivity contribution in [2.75, 3.05) is 0 Å². The molecule has 0 amide bonds. The fourth-order valence-corrected chi connectivity index (χ4v) is 9.28. The Morgan fingerprint density at radius 2 is 1.74 bits per heavy atom. The van der Waals surface area contributed by atoms with Gasteiger partial charge in [0.25, 0.3) is 0 Å². The molecule has 8 atom stereocenters. The van der Waals surface area contributed by atoms with Gasteiger partial charge in [-0.05, 0) is 98.1 Å². The molecule has 0 spiro atoms. The van der Waals surface area contributed by atoms with Crippen LogP contribution < -0.4 is 0 Å². The number of aliphatic hydroxyl groups excluding tert-OH is 1. The summed E-state index contributed by atoms with van der Waals surface area (Å²) in [5.41, 5.74) is 0.905. The molecule has 0 saturated heterocycles. The van der Waals surface area contributed by atoms with Crippen molar-refractivity contribution in [2.24, 2.45) is 28.6 Å². The van der Waals surface area contributed by atoms with E-state index in [1.807, 2.05) is 0 Å². The van der Waals surface area contributed by atoms with Gasteiger partial charge in [-0.25, -0.2) is 0 Å². The minimum Gasteiger partial charge on any atom is -0.413 e. The van der Waals surface area contributed by atoms with E-state index in [1.54, 1.807) is 0 Å². The van der Waals surface area contributed by atoms with E-state index >= 15 is 0 Å². The van der Waals surface area contributed by atoms with Crippen molar-refractivity contribution in [3.63, 3.8) is 0 Å². The zero-order valence-corrected chi connectivity index (χ0v) is 22.4. The van der Waals surface area contributed by atoms with Gasteiger partial charge in [0.15, 0.2) is 8.32 Å². The lowest BCUT2D eigenvalue weighted by atomic mass is 9.44. The molecule has 4 aliphatic carbocycles. The van der Waals surface area contributed by atoms with Crippen LogP contribution in [0.4, 0.5) is 0 Å². The van der Waals surface area contributed by atoms with Gasteiger partial charge in [0.05, 0.1) is 17.8 Å². The van der Waals surface area contributed by atoms with Crippen LogP contribution in [0.2, 0.25) is 18.1 Å². The molecular weight excluding hydrogens is 400 g/mol. The fourth-order valence-electron chi connectivity index (χ4n) is 7.83. The van der Waals surface area contributed by atoms with Crippen LogP contribution in [0.3, 0.4) is 0 Å². The van der Waals surface area contributed by atoms with Crippen LogP contribution in [0.5, 0.6) is 0 Å². The predicted octanol–water partition coefficient (Wildman–Crippen LogP) is 6.45. The van der Waals surface area contributed by atoms with Gasteiger partial charge in [0, 0.05) is 0 Å². The van der Waals surface area contributed by atoms with Gasteiger partial charge in [-0.15, -0.1) is 0 Å². The molecule has 4 aliphatic rings. The summed E-state index contributed by atoms with van der Waals surface area (Å²) in [5.74, 6) is 1.36. The summed E-state index contributed by atoms with van der Waals surface area (Å²) in [6.07, 6.45) is 10.5. The average Bonchev–Trinajstić information content (AvgIpc) is 2.98. The third-order valence-electron chi connectivity index (χ3n) is 11.0. The van der Waals surface area contributed by atoms with E-state index < -0.39 is 13.9 Å². The lowest BCUT2D eigenvalue weighted by Gasteiger charge is -2.62. The number of rotatable bonds is 3. The van der Waals surface area contributed by atoms with Crippen molar-refractivity contribution in [1.29, 1.82) is 0 Å². The molecule has 0 aliphatic heterocycles. The number of hydrogen-bond donors (Lipinski definition) is 2. The second kappa shape index (κ2) is 7.42. The van der Waals surface area contributed by atoms with Gasteiger partial charge >= 0.3 is 0 Å². The molecular formula is C27H48O3Si. The quantitative estimate of drug-likeness (QED) is 0.385. The first-order valence-electron chi connectivity index (χ1n) is 13.0. The Kier molecular flexibility index (Phi) is 5.74. The minimum atomic E-state index is -1.83. The predicted molar refractivity (Wildman–Crippen MR) is 130 cm³/mol. The van der Waals surface area contributed by atoms with Crippen LogP contribution in [0.25, 0.3) is 0 Å². The highest BCUT2D eigenvalue weighted by molar-refractivity contribution is 6.74. The average molecular weight is 449 g/mol. The molecule has 0 aromatic carbocycles. The summed E-state index contributed by atoms with van der Waals surface area (Å²) >= 11 is 0. The highest BCUT2D eigenvalue weighted by Crippen LogP contribution is 2.67. The Hall–Kier alpha value is -0.163. The first-order chi connectivity index (χ1) is 14.2. The maximum Gasteiger partial charge on any atom is 0.192 e. The second-order valence-electron chi connectivity index (χ2n) is 13.6. The lowest BCUT2D eigenvalue weighted by molar-refractivity contribution is -0.144. The maximum atomic E-state index is 12.0. The smallest absolute Gasteiger partial charge is 0.192 e. The highest BCUT2D eigenvalue weighted by Gasteiger charge is 2.64. The van der Waals surface area contributed by atoms with Crippen molar-refractivity contribution in [3.8, 4) is 0 Å². The van der Waals surface area contributed by atoms with Crippen molar-refractivity contribution < 1.29 is 14.6 Å². The molecule has 2 N–H and O–H groups in total. The fraction of sp³-hybridized carbons (Fsp3) is 0.926. The Labute approximate surface area is 192 Å². The van der Waals surface area contributed by atoms with E-state index in [0.29, 0.717) is 23.9 Å². The van der Waals surface area contributed by atoms with Gasteiger partial charge in [0.1, 0.15) is 0 Å². The Morgan fingerprint density at radius 1 is 1.06 bits per heavy atom. The van der Waals surface area contributed by atoms with Crippen molar-refractivity contribution >= 4 is 8.32 Å². The normalized spacial score (nSPS) is 47.9. The van der Waals surface area contributed by atoms with Crippen LogP contribution in [0, 0.1) is 28.6 Å². The standard InChI is InChI=1S/C27H48O3Si/c1-9-27(29)17-18-16-19(28)12-14-25(18,5)21-13-15-26(6)20(23(21)27)10-11-22(26)30-31(7,8)24(2,3)4/h17,19-23,28-29H,9-16H2,1-8H3/t19-,20-,21-,22-,23-,25-,26-,27?/m0/s1. The van der Waals surface area contributed by atoms with Crippen molar-refractivity contribution in [1.82, 2.24) is 0 Å². The van der Waals surface area contributed by atoms with Gasteiger partial charge in [-0.1, -0.05) is 53.2 Å². The molecule has 0 radical (unpaired) electrons. The first kappa shape index (κ1) is 24.0. The highest BCUT2D eigenvalue weighted by atomic mass is 28.4. The zero-order valence-electron chi connectivity index (χ0n) is 21.4. The molecule has 178 valence electrons. The Bertz CT molecular complexity index is 739. The number of hydrogen-bond acceptors (Lipinski definition) is 3. The molecule has 4 rings (SSSR count). The molecule has 1 unspecified atom stereocenters. The van der Waals surface area contributed by atoms with Gasteiger partial charge < -0.3 is 14.6 Å². The maximum absolute atomic E-state index is 12.0. The van der Waals surface area contributed by atoms with Crippen LogP contribution in [-0.4, -0.2) is 36.3 Å². The second-order valence-corrected chi connectivity index (χ2v) is 18.3. The number of fused-ring (bicyclic) bond motifs is 5. The molecule has 0 bridgehead atoms. The summed E-state index contributed by atoms with van der Waals surface area (Å²) in [4.78, 5) is 0. The van der Waals surface area contributed by atoms with E-state index in [0.717, 1.165) is 32.1 Å². The summed E-state index contributed by atoms with van der Waals surface area (Å²) in [6.45, 7) is 18.9. The van der Waals surface area contributed by atoms with Gasteiger partial charge in [-0.2, -0.15) is 0 Å². The summed E-state index contributed by atoms with van der Waals surface area (Å²) < 4.78 is 7.07. The number of aliphatic hydroxyl groups is 2. The largest absolute Gasteiger partial charge is 0.413 e. The minimum absolute atomic E-state index is 0.144. The molecule has 0 aromatic rings. The molecule has 4 heteroatoms. The van der Waals surface area contributed by atoms with E-state index in [4.69, 9.17) is 4.43 Å². The van der Waals surface area contributed by atoms with E-state index in [1.165, 1.54) is 24.8 Å². The van der Waals surface area contributed by atoms with Crippen LogP contribution in [0.1, 0.15) is 92.9 Å². The Morgan fingerprint density at radius 3 is 2.35 bits per heavy atom. The van der Waals surface area contributed by atoms with Crippen molar-refractivity contribution in [2.45, 2.75) is 129 Å². The molecule has 3 fully saturated rings. The topological polar surface area (TPSA) is 49.7 Å². The van der Waals surface area contributed by atoms with Crippen LogP contribution >= 0.6 is 0 Å². The monoisotopic (exact) mass is 448 g/mol. The van der Waals surface area contributed by atoms with Crippen molar-refractivity contribution in [3.05, 3.63) is 11.6 Å². The summed E-state index contributed by atoms with van der Waals surface area (Å²) in [6, 6.07) is 0. The zero-order chi connectivity index (χ0) is 23.0. The first-order valence-corrected chi connectivity index (χ1v) is 15.9. The summed E-state index contributed by atoms with van der Waals surface area (Å²) in [7, 11) is -1.83. The third-order valence-corrected chi connectivity index (χ3v) is 15.5. The molecule has 0 aromatic heterocycles. The molecule has 31 heavy (non-hydrogen) atoms.